The smallest absolute Gasteiger partial charge is 0.308 e. The number of unbranched alkanes of at least 4 members (excludes halogenated alkanes) is 15. The molecule has 0 aromatic rings. The second kappa shape index (κ2) is 23.1. The highest BCUT2D eigenvalue weighted by molar-refractivity contribution is 5.71. The Morgan fingerprint density at radius 2 is 1.03 bits per heavy atom. The zero-order chi connectivity index (χ0) is 23.9. The molecule has 2 N–H and O–H groups in total. The Morgan fingerprint density at radius 1 is 0.625 bits per heavy atom. The molecule has 0 rings (SSSR count). The van der Waals surface area contributed by atoms with Crippen LogP contribution in [0, 0.1) is 0 Å². The van der Waals surface area contributed by atoms with Gasteiger partial charge >= 0.3 is 11.9 Å². The number of aliphatic hydroxyl groups excluding tert-OH is 1. The summed E-state index contributed by atoms with van der Waals surface area (Å²) in [5.41, 5.74) is 0. The molecule has 0 aliphatic rings. The lowest BCUT2D eigenvalue weighted by molar-refractivity contribution is -0.155. The van der Waals surface area contributed by atoms with E-state index in [1.165, 1.54) is 77.0 Å². The number of rotatable bonds is 24. The molecule has 2 atom stereocenters. The fourth-order valence-electron chi connectivity index (χ4n) is 4.12. The van der Waals surface area contributed by atoms with Crippen molar-refractivity contribution in [1.82, 2.24) is 0 Å². The third-order valence-electron chi connectivity index (χ3n) is 6.12. The lowest BCUT2D eigenvalue weighted by Crippen LogP contribution is -2.24. The van der Waals surface area contributed by atoms with Gasteiger partial charge in [-0.3, -0.25) is 9.59 Å². The molecule has 0 saturated heterocycles. The standard InChI is InChI=1S/C27H52O5/c1-3-5-7-9-11-12-13-14-15-16-18-20-24(28)22-27(31)32-25(23-26(29)30)21-19-17-10-8-6-4-2/h24-25,28H,3-23H2,1-2H3,(H,29,30). The van der Waals surface area contributed by atoms with E-state index >= 15 is 0 Å². The van der Waals surface area contributed by atoms with Crippen LogP contribution < -0.4 is 0 Å². The first-order valence-corrected chi connectivity index (χ1v) is 13.6. The summed E-state index contributed by atoms with van der Waals surface area (Å²) in [4.78, 5) is 23.2. The fourth-order valence-corrected chi connectivity index (χ4v) is 4.12. The molecule has 0 radical (unpaired) electrons. The Balaban J connectivity index is 3.82. The summed E-state index contributed by atoms with van der Waals surface area (Å²) in [6.45, 7) is 4.42. The number of carbonyl (C=O) groups excluding carboxylic acids is 1. The molecule has 0 amide bonds. The van der Waals surface area contributed by atoms with E-state index in [4.69, 9.17) is 9.84 Å². The molecule has 0 heterocycles. The van der Waals surface area contributed by atoms with Crippen molar-refractivity contribution in [3.05, 3.63) is 0 Å². The maximum absolute atomic E-state index is 12.1. The van der Waals surface area contributed by atoms with Crippen molar-refractivity contribution in [1.29, 1.82) is 0 Å². The Morgan fingerprint density at radius 3 is 1.47 bits per heavy atom. The summed E-state index contributed by atoms with van der Waals surface area (Å²) in [5.74, 6) is -1.42. The van der Waals surface area contributed by atoms with Crippen molar-refractivity contribution in [2.45, 2.75) is 161 Å². The first-order chi connectivity index (χ1) is 15.5. The summed E-state index contributed by atoms with van der Waals surface area (Å²) < 4.78 is 5.39. The Labute approximate surface area is 197 Å². The van der Waals surface area contributed by atoms with Gasteiger partial charge in [0.25, 0.3) is 0 Å². The van der Waals surface area contributed by atoms with Crippen molar-refractivity contribution in [2.75, 3.05) is 0 Å². The molecule has 32 heavy (non-hydrogen) atoms. The average molecular weight is 457 g/mol. The van der Waals surface area contributed by atoms with Gasteiger partial charge < -0.3 is 14.9 Å². The van der Waals surface area contributed by atoms with Crippen molar-refractivity contribution < 1.29 is 24.5 Å². The van der Waals surface area contributed by atoms with E-state index in [1.807, 2.05) is 0 Å². The molecule has 0 aromatic heterocycles. The van der Waals surface area contributed by atoms with Gasteiger partial charge in [-0.25, -0.2) is 0 Å². The monoisotopic (exact) mass is 456 g/mol. The summed E-state index contributed by atoms with van der Waals surface area (Å²) in [6.07, 6.45) is 20.2. The molecule has 0 spiro atoms. The number of carboxylic acids is 1. The molecule has 0 fully saturated rings. The zero-order valence-electron chi connectivity index (χ0n) is 21.1. The SMILES string of the molecule is CCCCCCCCCCCCCC(O)CC(=O)OC(CCCCCCCC)CC(=O)O. The van der Waals surface area contributed by atoms with Crippen LogP contribution in [0.5, 0.6) is 0 Å². The van der Waals surface area contributed by atoms with Gasteiger partial charge in [0.05, 0.1) is 18.9 Å². The van der Waals surface area contributed by atoms with Crippen molar-refractivity contribution >= 4 is 11.9 Å². The van der Waals surface area contributed by atoms with Crippen molar-refractivity contribution in [3.63, 3.8) is 0 Å². The highest BCUT2D eigenvalue weighted by Gasteiger charge is 2.20. The van der Waals surface area contributed by atoms with Crippen LogP contribution in [-0.4, -0.2) is 34.4 Å². The van der Waals surface area contributed by atoms with Gasteiger partial charge in [-0.05, 0) is 19.3 Å². The van der Waals surface area contributed by atoms with E-state index in [0.717, 1.165) is 32.1 Å². The number of hydrogen-bond donors (Lipinski definition) is 2. The van der Waals surface area contributed by atoms with E-state index in [2.05, 4.69) is 13.8 Å². The van der Waals surface area contributed by atoms with Gasteiger partial charge in [-0.1, -0.05) is 117 Å². The summed E-state index contributed by atoms with van der Waals surface area (Å²) in [7, 11) is 0. The third-order valence-corrected chi connectivity index (χ3v) is 6.12. The normalized spacial score (nSPS) is 13.1. The average Bonchev–Trinajstić information content (AvgIpc) is 2.73. The molecule has 5 heteroatoms. The molecule has 0 bridgehead atoms. The summed E-state index contributed by atoms with van der Waals surface area (Å²) in [5, 5.41) is 19.2. The fraction of sp³-hybridized carbons (Fsp3) is 0.926. The Kier molecular flexibility index (Phi) is 22.3. The predicted octanol–water partition coefficient (Wildman–Crippen LogP) is 7.58. The van der Waals surface area contributed by atoms with E-state index < -0.39 is 24.1 Å². The number of aliphatic carboxylic acids is 1. The summed E-state index contributed by atoms with van der Waals surface area (Å²) >= 11 is 0. The molecular weight excluding hydrogens is 404 g/mol. The lowest BCUT2D eigenvalue weighted by Gasteiger charge is -2.17. The zero-order valence-corrected chi connectivity index (χ0v) is 21.1. The number of carbonyl (C=O) groups is 2. The topological polar surface area (TPSA) is 83.8 Å². The van der Waals surface area contributed by atoms with Gasteiger partial charge in [0.1, 0.15) is 6.10 Å². The minimum Gasteiger partial charge on any atom is -0.481 e. The van der Waals surface area contributed by atoms with Crippen LogP contribution >= 0.6 is 0 Å². The van der Waals surface area contributed by atoms with Gasteiger partial charge in [0.2, 0.25) is 0 Å². The highest BCUT2D eigenvalue weighted by Crippen LogP contribution is 2.16. The molecule has 2 unspecified atom stereocenters. The maximum Gasteiger partial charge on any atom is 0.308 e. The van der Waals surface area contributed by atoms with E-state index in [9.17, 15) is 14.7 Å². The molecule has 190 valence electrons. The second-order valence-electron chi connectivity index (χ2n) is 9.45. The highest BCUT2D eigenvalue weighted by atomic mass is 16.5. The molecule has 0 saturated carbocycles. The second-order valence-corrected chi connectivity index (χ2v) is 9.45. The third kappa shape index (κ3) is 22.1. The number of esters is 1. The van der Waals surface area contributed by atoms with E-state index in [1.54, 1.807) is 0 Å². The summed E-state index contributed by atoms with van der Waals surface area (Å²) in [6, 6.07) is 0. The van der Waals surface area contributed by atoms with Gasteiger partial charge in [-0.2, -0.15) is 0 Å². The number of ether oxygens (including phenoxy) is 1. The first kappa shape index (κ1) is 30.9. The largest absolute Gasteiger partial charge is 0.481 e. The number of carboxylic acid groups (broad SMARTS) is 1. The maximum atomic E-state index is 12.1. The molecule has 0 aromatic carbocycles. The van der Waals surface area contributed by atoms with Crippen LogP contribution in [0.15, 0.2) is 0 Å². The molecule has 0 aliphatic heterocycles. The number of hydrogen-bond acceptors (Lipinski definition) is 4. The minimum atomic E-state index is -0.949. The van der Waals surface area contributed by atoms with Crippen LogP contribution in [0.25, 0.3) is 0 Å². The molecular formula is C27H52O5. The predicted molar refractivity (Wildman–Crippen MR) is 132 cm³/mol. The minimum absolute atomic E-state index is 0.0373. The van der Waals surface area contributed by atoms with Gasteiger partial charge in [0, 0.05) is 0 Å². The molecule has 5 nitrogen and oxygen atoms in total. The quantitative estimate of drug-likeness (QED) is 0.115. The van der Waals surface area contributed by atoms with E-state index in [0.29, 0.717) is 12.8 Å². The van der Waals surface area contributed by atoms with Gasteiger partial charge in [0.15, 0.2) is 0 Å². The van der Waals surface area contributed by atoms with Crippen molar-refractivity contribution in [3.8, 4) is 0 Å². The van der Waals surface area contributed by atoms with Crippen LogP contribution in [0.3, 0.4) is 0 Å². The van der Waals surface area contributed by atoms with Crippen molar-refractivity contribution in [2.24, 2.45) is 0 Å². The Hall–Kier alpha value is -1.10. The van der Waals surface area contributed by atoms with Crippen LogP contribution in [0.1, 0.15) is 149 Å². The first-order valence-electron chi connectivity index (χ1n) is 13.6. The van der Waals surface area contributed by atoms with Gasteiger partial charge in [-0.15, -0.1) is 0 Å². The van der Waals surface area contributed by atoms with Crippen LogP contribution in [0.4, 0.5) is 0 Å². The van der Waals surface area contributed by atoms with E-state index in [-0.39, 0.29) is 12.8 Å². The van der Waals surface area contributed by atoms with Crippen LogP contribution in [-0.2, 0) is 14.3 Å². The number of aliphatic hydroxyl groups is 1. The Bertz CT molecular complexity index is 438. The molecule has 0 aliphatic carbocycles. The van der Waals surface area contributed by atoms with Crippen LogP contribution in [0.2, 0.25) is 0 Å². The lowest BCUT2D eigenvalue weighted by atomic mass is 10.0.